The summed E-state index contributed by atoms with van der Waals surface area (Å²) in [6.07, 6.45) is 11.5. The van der Waals surface area contributed by atoms with Crippen LogP contribution in [0.3, 0.4) is 0 Å². The highest BCUT2D eigenvalue weighted by Gasteiger charge is 2.30. The molecule has 2 unspecified atom stereocenters. The van der Waals surface area contributed by atoms with Crippen LogP contribution in [0.25, 0.3) is 0 Å². The predicted molar refractivity (Wildman–Crippen MR) is 88.9 cm³/mol. The highest BCUT2D eigenvalue weighted by atomic mass is 15.2. The van der Waals surface area contributed by atoms with E-state index in [2.05, 4.69) is 83.8 Å². The van der Waals surface area contributed by atoms with E-state index in [0.29, 0.717) is 12.0 Å². The molecule has 1 heteroatoms. The van der Waals surface area contributed by atoms with Crippen molar-refractivity contribution in [2.45, 2.75) is 18.9 Å². The lowest BCUT2D eigenvalue weighted by Crippen LogP contribution is -2.35. The number of hydrogen-bond acceptors (Lipinski definition) is 1. The quantitative estimate of drug-likeness (QED) is 0.715. The zero-order valence-electron chi connectivity index (χ0n) is 12.0. The molecule has 2 aliphatic rings. The molecule has 0 bridgehead atoms. The van der Waals surface area contributed by atoms with E-state index < -0.39 is 0 Å². The van der Waals surface area contributed by atoms with Gasteiger partial charge in [0.1, 0.15) is 0 Å². The molecule has 2 aromatic rings. The van der Waals surface area contributed by atoms with Crippen molar-refractivity contribution in [2.24, 2.45) is 5.92 Å². The molecule has 2 aromatic carbocycles. The number of aryl methyl sites for hydroxylation is 1. The highest BCUT2D eigenvalue weighted by molar-refractivity contribution is 5.69. The molecule has 0 N–H and O–H groups in total. The van der Waals surface area contributed by atoms with Crippen LogP contribution in [0.2, 0.25) is 0 Å². The molecule has 1 aliphatic heterocycles. The van der Waals surface area contributed by atoms with Crippen molar-refractivity contribution in [3.63, 3.8) is 0 Å². The van der Waals surface area contributed by atoms with Crippen LogP contribution in [0.5, 0.6) is 0 Å². The molecule has 0 saturated heterocycles. The first-order chi connectivity index (χ1) is 10.4. The number of allylic oxidation sites excluding steroid dienone is 2. The van der Waals surface area contributed by atoms with Gasteiger partial charge in [0.05, 0.1) is 6.04 Å². The van der Waals surface area contributed by atoms with Crippen LogP contribution in [-0.2, 0) is 6.42 Å². The second-order valence-corrected chi connectivity index (χ2v) is 5.80. The molecule has 0 aromatic heterocycles. The molecule has 0 spiro atoms. The van der Waals surface area contributed by atoms with E-state index in [1.165, 1.54) is 23.4 Å². The predicted octanol–water partition coefficient (Wildman–Crippen LogP) is 4.88. The molecule has 0 radical (unpaired) electrons. The number of anilines is 2. The third-order valence-corrected chi connectivity index (χ3v) is 4.55. The van der Waals surface area contributed by atoms with Gasteiger partial charge in [-0.25, -0.2) is 0 Å². The lowest BCUT2D eigenvalue weighted by molar-refractivity contribution is 0.535. The van der Waals surface area contributed by atoms with Gasteiger partial charge in [-0.2, -0.15) is 0 Å². The summed E-state index contributed by atoms with van der Waals surface area (Å²) in [6.45, 7) is 0. The van der Waals surface area contributed by atoms with Crippen molar-refractivity contribution in [2.75, 3.05) is 4.90 Å². The Labute approximate surface area is 126 Å². The minimum absolute atomic E-state index is 0.418. The zero-order valence-corrected chi connectivity index (χ0v) is 12.0. The summed E-state index contributed by atoms with van der Waals surface area (Å²) in [4.78, 5) is 2.51. The average molecular weight is 273 g/mol. The van der Waals surface area contributed by atoms with Gasteiger partial charge in [-0.15, -0.1) is 0 Å². The molecule has 1 aliphatic carbocycles. The summed E-state index contributed by atoms with van der Waals surface area (Å²) < 4.78 is 0. The van der Waals surface area contributed by atoms with Crippen molar-refractivity contribution < 1.29 is 0 Å². The Morgan fingerprint density at radius 1 is 0.810 bits per heavy atom. The average Bonchev–Trinajstić information content (AvgIpc) is 2.72. The maximum atomic E-state index is 2.51. The van der Waals surface area contributed by atoms with Crippen LogP contribution in [0.4, 0.5) is 11.4 Å². The summed E-state index contributed by atoms with van der Waals surface area (Å²) in [6, 6.07) is 20.0. The van der Waals surface area contributed by atoms with Gasteiger partial charge in [0.15, 0.2) is 0 Å². The molecule has 0 saturated carbocycles. The lowest BCUT2D eigenvalue weighted by Gasteiger charge is -2.35. The maximum absolute atomic E-state index is 2.51. The fraction of sp³-hybridized carbons (Fsp3) is 0.200. The van der Waals surface area contributed by atoms with Crippen LogP contribution in [-0.4, -0.2) is 6.04 Å². The van der Waals surface area contributed by atoms with Crippen molar-refractivity contribution in [3.05, 3.63) is 84.5 Å². The molecule has 1 nitrogen and oxygen atoms in total. The van der Waals surface area contributed by atoms with Crippen LogP contribution in [0.1, 0.15) is 12.0 Å². The summed E-state index contributed by atoms with van der Waals surface area (Å²) in [5.41, 5.74) is 4.09. The maximum Gasteiger partial charge on any atom is 0.0588 e. The van der Waals surface area contributed by atoms with Crippen molar-refractivity contribution in [1.29, 1.82) is 0 Å². The first kappa shape index (κ1) is 12.5. The molecule has 4 rings (SSSR count). The van der Waals surface area contributed by atoms with Crippen LogP contribution < -0.4 is 4.90 Å². The number of fused-ring (bicyclic) bond motifs is 2. The van der Waals surface area contributed by atoms with Crippen LogP contribution in [0, 0.1) is 5.92 Å². The second-order valence-electron chi connectivity index (χ2n) is 5.80. The molecule has 0 fully saturated rings. The number of benzene rings is 2. The number of para-hydroxylation sites is 2. The molecule has 2 atom stereocenters. The molecular weight excluding hydrogens is 254 g/mol. The van der Waals surface area contributed by atoms with E-state index >= 15 is 0 Å². The molecule has 104 valence electrons. The largest absolute Gasteiger partial charge is 0.334 e. The SMILES string of the molecule is C1=CC2CCc3ccccc3N(c3ccccc3)C2C=C1. The van der Waals surface area contributed by atoms with Crippen LogP contribution >= 0.6 is 0 Å². The number of hydrogen-bond donors (Lipinski definition) is 0. The van der Waals surface area contributed by atoms with Gasteiger partial charge in [-0.3, -0.25) is 0 Å². The Morgan fingerprint density at radius 3 is 2.48 bits per heavy atom. The van der Waals surface area contributed by atoms with Gasteiger partial charge in [0.2, 0.25) is 0 Å². The Hall–Kier alpha value is -2.28. The Kier molecular flexibility index (Phi) is 3.11. The Morgan fingerprint density at radius 2 is 1.57 bits per heavy atom. The first-order valence-corrected chi connectivity index (χ1v) is 7.71. The van der Waals surface area contributed by atoms with E-state index in [9.17, 15) is 0 Å². The minimum atomic E-state index is 0.418. The Bertz CT molecular complexity index is 684. The number of nitrogens with zero attached hydrogens (tertiary/aromatic N) is 1. The second kappa shape index (κ2) is 5.25. The Balaban J connectivity index is 1.89. The van der Waals surface area contributed by atoms with Gasteiger partial charge in [-0.05, 0) is 36.6 Å². The normalized spacial score (nSPS) is 23.3. The lowest BCUT2D eigenvalue weighted by atomic mass is 9.90. The van der Waals surface area contributed by atoms with E-state index in [1.807, 2.05) is 0 Å². The van der Waals surface area contributed by atoms with Gasteiger partial charge < -0.3 is 4.90 Å². The fourth-order valence-corrected chi connectivity index (χ4v) is 3.53. The summed E-state index contributed by atoms with van der Waals surface area (Å²) in [5.74, 6) is 0.586. The standard InChI is InChI=1S/C20H19N/c1-2-10-18(11-3-1)21-19-12-6-4-8-16(19)14-15-17-9-5-7-13-20(17)21/h1-13,16,19H,14-15H2. The van der Waals surface area contributed by atoms with Gasteiger partial charge in [0.25, 0.3) is 0 Å². The van der Waals surface area contributed by atoms with Gasteiger partial charge in [-0.1, -0.05) is 60.7 Å². The fourth-order valence-electron chi connectivity index (χ4n) is 3.53. The summed E-state index contributed by atoms with van der Waals surface area (Å²) >= 11 is 0. The molecule has 21 heavy (non-hydrogen) atoms. The monoisotopic (exact) mass is 273 g/mol. The van der Waals surface area contributed by atoms with E-state index in [-0.39, 0.29) is 0 Å². The highest BCUT2D eigenvalue weighted by Crippen LogP contribution is 2.39. The van der Waals surface area contributed by atoms with E-state index in [1.54, 1.807) is 0 Å². The first-order valence-electron chi connectivity index (χ1n) is 7.71. The zero-order chi connectivity index (χ0) is 14.1. The van der Waals surface area contributed by atoms with Crippen molar-refractivity contribution in [3.8, 4) is 0 Å². The van der Waals surface area contributed by atoms with Crippen molar-refractivity contribution >= 4 is 11.4 Å². The van der Waals surface area contributed by atoms with E-state index in [0.717, 1.165) is 6.42 Å². The number of rotatable bonds is 1. The van der Waals surface area contributed by atoms with Crippen molar-refractivity contribution in [1.82, 2.24) is 0 Å². The molecular formula is C20H19N. The van der Waals surface area contributed by atoms with Gasteiger partial charge >= 0.3 is 0 Å². The smallest absolute Gasteiger partial charge is 0.0588 e. The molecule has 0 amide bonds. The van der Waals surface area contributed by atoms with Crippen LogP contribution in [0.15, 0.2) is 78.9 Å². The minimum Gasteiger partial charge on any atom is -0.334 e. The third-order valence-electron chi connectivity index (χ3n) is 4.55. The van der Waals surface area contributed by atoms with Gasteiger partial charge in [0, 0.05) is 17.3 Å². The van der Waals surface area contributed by atoms with E-state index in [4.69, 9.17) is 0 Å². The topological polar surface area (TPSA) is 3.24 Å². The molecule has 1 heterocycles. The summed E-state index contributed by atoms with van der Waals surface area (Å²) in [7, 11) is 0. The summed E-state index contributed by atoms with van der Waals surface area (Å²) in [5, 5.41) is 0. The third kappa shape index (κ3) is 2.19.